The van der Waals surface area contributed by atoms with Crippen LogP contribution in [0.4, 0.5) is 5.69 Å². The number of anilines is 1. The molecule has 1 aromatic carbocycles. The zero-order valence-electron chi connectivity index (χ0n) is 11.4. The molecule has 2 N–H and O–H groups in total. The monoisotopic (exact) mass is 276 g/mol. The maximum absolute atomic E-state index is 11.7. The smallest absolute Gasteiger partial charge is 0.305 e. The molecule has 1 aliphatic heterocycles. The number of amides is 1. The highest BCUT2D eigenvalue weighted by Gasteiger charge is 2.24. The molecule has 1 fully saturated rings. The first-order valence-corrected chi connectivity index (χ1v) is 6.97. The van der Waals surface area contributed by atoms with E-state index in [0.29, 0.717) is 19.5 Å². The van der Waals surface area contributed by atoms with Crippen LogP contribution < -0.4 is 10.2 Å². The molecular formula is C15H20N2O3. The van der Waals surface area contributed by atoms with Crippen LogP contribution in [0.3, 0.4) is 0 Å². The number of carbonyl (C=O) groups is 2. The van der Waals surface area contributed by atoms with Crippen LogP contribution >= 0.6 is 0 Å². The maximum Gasteiger partial charge on any atom is 0.305 e. The average molecular weight is 276 g/mol. The Morgan fingerprint density at radius 1 is 1.35 bits per heavy atom. The number of para-hydroxylation sites is 1. The van der Waals surface area contributed by atoms with Crippen LogP contribution in [0.25, 0.3) is 0 Å². The molecule has 0 saturated carbocycles. The fourth-order valence-electron chi connectivity index (χ4n) is 2.58. The number of carboxylic acid groups (broad SMARTS) is 1. The van der Waals surface area contributed by atoms with Crippen molar-refractivity contribution in [2.24, 2.45) is 0 Å². The van der Waals surface area contributed by atoms with Gasteiger partial charge < -0.3 is 15.3 Å². The van der Waals surface area contributed by atoms with E-state index in [9.17, 15) is 9.59 Å². The molecule has 0 spiro atoms. The lowest BCUT2D eigenvalue weighted by Crippen LogP contribution is -2.38. The van der Waals surface area contributed by atoms with Gasteiger partial charge in [-0.1, -0.05) is 18.2 Å². The lowest BCUT2D eigenvalue weighted by molar-refractivity contribution is -0.136. The molecule has 1 unspecified atom stereocenters. The van der Waals surface area contributed by atoms with E-state index < -0.39 is 5.97 Å². The standard InChI is InChI=1S/C15H20N2O3/c18-14-11-13(7-4-9-16-14)17(10-8-15(19)20)12-5-2-1-3-6-12/h1-3,5-6,13H,4,7-11H2,(H,16,18)(H,19,20). The molecule has 0 bridgehead atoms. The minimum absolute atomic E-state index is 0.0451. The molecule has 1 saturated heterocycles. The predicted molar refractivity (Wildman–Crippen MR) is 76.7 cm³/mol. The van der Waals surface area contributed by atoms with Crippen LogP contribution in [0.15, 0.2) is 30.3 Å². The number of hydrogen-bond donors (Lipinski definition) is 2. The molecule has 1 aromatic rings. The van der Waals surface area contributed by atoms with Crippen molar-refractivity contribution in [3.8, 4) is 0 Å². The van der Waals surface area contributed by atoms with E-state index in [1.807, 2.05) is 30.3 Å². The van der Waals surface area contributed by atoms with Crippen LogP contribution in [0.2, 0.25) is 0 Å². The number of nitrogens with zero attached hydrogens (tertiary/aromatic N) is 1. The highest BCUT2D eigenvalue weighted by Crippen LogP contribution is 2.22. The number of carbonyl (C=O) groups excluding carboxylic acids is 1. The van der Waals surface area contributed by atoms with Crippen LogP contribution in [0, 0.1) is 0 Å². The second-order valence-electron chi connectivity index (χ2n) is 5.02. The molecule has 108 valence electrons. The first-order chi connectivity index (χ1) is 9.66. The van der Waals surface area contributed by atoms with Crippen LogP contribution in [0.5, 0.6) is 0 Å². The van der Waals surface area contributed by atoms with Crippen molar-refractivity contribution >= 4 is 17.6 Å². The van der Waals surface area contributed by atoms with E-state index in [2.05, 4.69) is 10.2 Å². The highest BCUT2D eigenvalue weighted by molar-refractivity contribution is 5.77. The third kappa shape index (κ3) is 3.98. The van der Waals surface area contributed by atoms with E-state index >= 15 is 0 Å². The Morgan fingerprint density at radius 2 is 2.10 bits per heavy atom. The van der Waals surface area contributed by atoms with Gasteiger partial charge in [-0.3, -0.25) is 9.59 Å². The molecule has 1 heterocycles. The number of nitrogens with one attached hydrogen (secondary N) is 1. The molecule has 0 radical (unpaired) electrons. The van der Waals surface area contributed by atoms with Gasteiger partial charge in [0.05, 0.1) is 6.42 Å². The molecule has 5 nitrogen and oxygen atoms in total. The zero-order chi connectivity index (χ0) is 14.4. The first-order valence-electron chi connectivity index (χ1n) is 6.97. The molecular weight excluding hydrogens is 256 g/mol. The summed E-state index contributed by atoms with van der Waals surface area (Å²) in [4.78, 5) is 24.6. The summed E-state index contributed by atoms with van der Waals surface area (Å²) < 4.78 is 0. The molecule has 1 atom stereocenters. The van der Waals surface area contributed by atoms with Crippen LogP contribution in [-0.2, 0) is 9.59 Å². The molecule has 0 aliphatic carbocycles. The van der Waals surface area contributed by atoms with E-state index in [1.165, 1.54) is 0 Å². The van der Waals surface area contributed by atoms with Crippen molar-refractivity contribution < 1.29 is 14.7 Å². The summed E-state index contributed by atoms with van der Waals surface area (Å²) in [6.07, 6.45) is 2.32. The number of hydrogen-bond acceptors (Lipinski definition) is 3. The lowest BCUT2D eigenvalue weighted by atomic mass is 10.1. The molecule has 5 heteroatoms. The Labute approximate surface area is 118 Å². The Morgan fingerprint density at radius 3 is 2.80 bits per heavy atom. The van der Waals surface area contributed by atoms with E-state index in [-0.39, 0.29) is 18.4 Å². The van der Waals surface area contributed by atoms with Gasteiger partial charge >= 0.3 is 5.97 Å². The van der Waals surface area contributed by atoms with Crippen molar-refractivity contribution in [1.29, 1.82) is 0 Å². The van der Waals surface area contributed by atoms with Gasteiger partial charge in [0.2, 0.25) is 5.91 Å². The molecule has 20 heavy (non-hydrogen) atoms. The van der Waals surface area contributed by atoms with Crippen molar-refractivity contribution in [1.82, 2.24) is 5.32 Å². The van der Waals surface area contributed by atoms with Gasteiger partial charge in [0.1, 0.15) is 0 Å². The van der Waals surface area contributed by atoms with Gasteiger partial charge in [-0.2, -0.15) is 0 Å². The summed E-state index contributed by atoms with van der Waals surface area (Å²) in [5, 5.41) is 11.8. The second-order valence-corrected chi connectivity index (χ2v) is 5.02. The molecule has 1 aliphatic rings. The van der Waals surface area contributed by atoms with Crippen LogP contribution in [0.1, 0.15) is 25.7 Å². The predicted octanol–water partition coefficient (Wildman–Crippen LogP) is 1.64. The molecule has 0 aromatic heterocycles. The van der Waals surface area contributed by atoms with Crippen molar-refractivity contribution in [3.63, 3.8) is 0 Å². The Hall–Kier alpha value is -2.04. The largest absolute Gasteiger partial charge is 0.481 e. The van der Waals surface area contributed by atoms with Crippen molar-refractivity contribution in [3.05, 3.63) is 30.3 Å². The van der Waals surface area contributed by atoms with Gasteiger partial charge in [0.15, 0.2) is 0 Å². The summed E-state index contributed by atoms with van der Waals surface area (Å²) in [6, 6.07) is 9.78. The SMILES string of the molecule is O=C(O)CCN(c1ccccc1)C1CCCNC(=O)C1. The fourth-order valence-corrected chi connectivity index (χ4v) is 2.58. The maximum atomic E-state index is 11.7. The van der Waals surface area contributed by atoms with Crippen molar-refractivity contribution in [2.75, 3.05) is 18.0 Å². The lowest BCUT2D eigenvalue weighted by Gasteiger charge is -2.32. The third-order valence-electron chi connectivity index (χ3n) is 3.55. The van der Waals surface area contributed by atoms with E-state index in [0.717, 1.165) is 18.5 Å². The van der Waals surface area contributed by atoms with Crippen LogP contribution in [-0.4, -0.2) is 36.1 Å². The summed E-state index contributed by atoms with van der Waals surface area (Å²) in [6.45, 7) is 1.13. The minimum atomic E-state index is -0.816. The van der Waals surface area contributed by atoms with Gasteiger partial charge in [-0.05, 0) is 25.0 Å². The fraction of sp³-hybridized carbons (Fsp3) is 0.467. The average Bonchev–Trinajstić information content (AvgIpc) is 2.65. The summed E-state index contributed by atoms with van der Waals surface area (Å²) in [7, 11) is 0. The van der Waals surface area contributed by atoms with Crippen molar-refractivity contribution in [2.45, 2.75) is 31.7 Å². The number of carboxylic acids is 1. The van der Waals surface area contributed by atoms with Gasteiger partial charge in [0, 0.05) is 31.2 Å². The topological polar surface area (TPSA) is 69.6 Å². The van der Waals surface area contributed by atoms with E-state index in [1.54, 1.807) is 0 Å². The Bertz CT molecular complexity index is 461. The summed E-state index contributed by atoms with van der Waals surface area (Å²) >= 11 is 0. The van der Waals surface area contributed by atoms with Gasteiger partial charge in [-0.15, -0.1) is 0 Å². The zero-order valence-corrected chi connectivity index (χ0v) is 11.4. The number of rotatable bonds is 5. The second kappa shape index (κ2) is 6.93. The molecule has 2 rings (SSSR count). The number of benzene rings is 1. The molecule has 1 amide bonds. The summed E-state index contributed by atoms with van der Waals surface area (Å²) in [5.74, 6) is -0.771. The Balaban J connectivity index is 2.16. The van der Waals surface area contributed by atoms with E-state index in [4.69, 9.17) is 5.11 Å². The normalized spacial score (nSPS) is 19.0. The number of aliphatic carboxylic acids is 1. The van der Waals surface area contributed by atoms with Gasteiger partial charge in [-0.25, -0.2) is 0 Å². The first kappa shape index (κ1) is 14.4. The highest BCUT2D eigenvalue weighted by atomic mass is 16.4. The third-order valence-corrected chi connectivity index (χ3v) is 3.55. The van der Waals surface area contributed by atoms with Gasteiger partial charge in [0.25, 0.3) is 0 Å². The quantitative estimate of drug-likeness (QED) is 0.857. The Kier molecular flexibility index (Phi) is 4.98. The summed E-state index contributed by atoms with van der Waals surface area (Å²) in [5.41, 5.74) is 0.980. The minimum Gasteiger partial charge on any atom is -0.481 e.